The molecule has 2 fully saturated rings. The van der Waals surface area contributed by atoms with Crippen LogP contribution in [-0.4, -0.2) is 57.6 Å². The van der Waals surface area contributed by atoms with Crippen LogP contribution in [0.4, 0.5) is 23.0 Å². The van der Waals surface area contributed by atoms with E-state index in [0.29, 0.717) is 32.0 Å². The summed E-state index contributed by atoms with van der Waals surface area (Å²) in [5, 5.41) is 13.3. The third kappa shape index (κ3) is 3.97. The second-order valence-corrected chi connectivity index (χ2v) is 6.53. The highest BCUT2D eigenvalue weighted by atomic mass is 16.5. The SMILES string of the molecule is N#Cc1c(N2CCOCC2)cc(Nc2ccccc2)nc1N1CCOCC1. The van der Waals surface area contributed by atoms with E-state index in [-0.39, 0.29) is 0 Å². The minimum absolute atomic E-state index is 0.623. The van der Waals surface area contributed by atoms with Crippen molar-refractivity contribution in [1.29, 1.82) is 5.26 Å². The highest BCUT2D eigenvalue weighted by molar-refractivity contribution is 5.75. The average Bonchev–Trinajstić information content (AvgIpc) is 2.75. The molecule has 27 heavy (non-hydrogen) atoms. The van der Waals surface area contributed by atoms with Crippen molar-refractivity contribution in [3.05, 3.63) is 42.0 Å². The van der Waals surface area contributed by atoms with E-state index >= 15 is 0 Å². The monoisotopic (exact) mass is 365 g/mol. The van der Waals surface area contributed by atoms with Crippen LogP contribution < -0.4 is 15.1 Å². The molecule has 2 aliphatic heterocycles. The molecule has 0 bridgehead atoms. The Hall–Kier alpha value is -2.82. The molecule has 0 radical (unpaired) electrons. The molecule has 0 amide bonds. The molecule has 0 saturated carbocycles. The number of nitrogens with one attached hydrogen (secondary N) is 1. The summed E-state index contributed by atoms with van der Waals surface area (Å²) >= 11 is 0. The van der Waals surface area contributed by atoms with E-state index in [4.69, 9.17) is 14.5 Å². The molecule has 2 saturated heterocycles. The first-order chi connectivity index (χ1) is 13.3. The van der Waals surface area contributed by atoms with Gasteiger partial charge in [-0.15, -0.1) is 0 Å². The van der Waals surface area contributed by atoms with E-state index in [1.54, 1.807) is 0 Å². The van der Waals surface area contributed by atoms with Gasteiger partial charge >= 0.3 is 0 Å². The van der Waals surface area contributed by atoms with Crippen molar-refractivity contribution in [2.45, 2.75) is 0 Å². The molecule has 1 aromatic carbocycles. The number of hydrogen-bond acceptors (Lipinski definition) is 7. The van der Waals surface area contributed by atoms with E-state index < -0.39 is 0 Å². The predicted octanol–water partition coefficient (Wildman–Crippen LogP) is 2.37. The number of pyridine rings is 1. The zero-order chi connectivity index (χ0) is 18.5. The molecule has 0 unspecified atom stereocenters. The molecule has 0 aliphatic carbocycles. The highest BCUT2D eigenvalue weighted by Gasteiger charge is 2.24. The molecular weight excluding hydrogens is 342 g/mol. The second-order valence-electron chi connectivity index (χ2n) is 6.53. The topological polar surface area (TPSA) is 73.7 Å². The first-order valence-electron chi connectivity index (χ1n) is 9.28. The molecule has 0 atom stereocenters. The molecule has 1 N–H and O–H groups in total. The van der Waals surface area contributed by atoms with Crippen molar-refractivity contribution in [3.8, 4) is 6.07 Å². The van der Waals surface area contributed by atoms with E-state index in [2.05, 4.69) is 21.2 Å². The van der Waals surface area contributed by atoms with E-state index in [0.717, 1.165) is 49.2 Å². The van der Waals surface area contributed by atoms with Crippen LogP contribution in [0.15, 0.2) is 36.4 Å². The molecule has 0 spiro atoms. The number of benzene rings is 1. The third-order valence-corrected chi connectivity index (χ3v) is 4.80. The lowest BCUT2D eigenvalue weighted by Crippen LogP contribution is -2.39. The lowest BCUT2D eigenvalue weighted by molar-refractivity contribution is 0.122. The van der Waals surface area contributed by atoms with Gasteiger partial charge in [-0.2, -0.15) is 5.26 Å². The molecule has 140 valence electrons. The van der Waals surface area contributed by atoms with E-state index in [9.17, 15) is 5.26 Å². The standard InChI is InChI=1S/C20H23N5O2/c21-15-17-18(24-6-10-26-11-7-24)14-19(22-16-4-2-1-3-5-16)23-20(17)25-8-12-27-13-9-25/h1-5,14H,6-13H2,(H,22,23). The minimum atomic E-state index is 0.623. The van der Waals surface area contributed by atoms with Crippen molar-refractivity contribution in [2.24, 2.45) is 0 Å². The van der Waals surface area contributed by atoms with Crippen LogP contribution in [0, 0.1) is 11.3 Å². The number of aromatic nitrogens is 1. The van der Waals surface area contributed by atoms with Gasteiger partial charge in [-0.25, -0.2) is 4.98 Å². The number of ether oxygens (including phenoxy) is 2. The van der Waals surface area contributed by atoms with Gasteiger partial charge in [0.1, 0.15) is 17.5 Å². The number of nitriles is 1. The normalized spacial score (nSPS) is 17.4. The smallest absolute Gasteiger partial charge is 0.151 e. The third-order valence-electron chi connectivity index (χ3n) is 4.80. The first-order valence-corrected chi connectivity index (χ1v) is 9.28. The lowest BCUT2D eigenvalue weighted by Gasteiger charge is -2.33. The summed E-state index contributed by atoms with van der Waals surface area (Å²) in [5.74, 6) is 1.46. The van der Waals surface area contributed by atoms with Gasteiger partial charge < -0.3 is 24.6 Å². The van der Waals surface area contributed by atoms with Crippen LogP contribution in [0.2, 0.25) is 0 Å². The maximum absolute atomic E-state index is 9.91. The van der Waals surface area contributed by atoms with Gasteiger partial charge in [-0.05, 0) is 12.1 Å². The zero-order valence-electron chi connectivity index (χ0n) is 15.2. The van der Waals surface area contributed by atoms with Crippen LogP contribution in [-0.2, 0) is 9.47 Å². The number of hydrogen-bond donors (Lipinski definition) is 1. The zero-order valence-corrected chi connectivity index (χ0v) is 15.2. The molecular formula is C20H23N5O2. The summed E-state index contributed by atoms with van der Waals surface area (Å²) < 4.78 is 11.0. The fraction of sp³-hybridized carbons (Fsp3) is 0.400. The largest absolute Gasteiger partial charge is 0.378 e. The van der Waals surface area contributed by atoms with Crippen molar-refractivity contribution < 1.29 is 9.47 Å². The van der Waals surface area contributed by atoms with E-state index in [1.165, 1.54) is 0 Å². The molecule has 7 heteroatoms. The molecule has 2 aliphatic rings. The summed E-state index contributed by atoms with van der Waals surface area (Å²) in [5.41, 5.74) is 2.50. The van der Waals surface area contributed by atoms with Crippen molar-refractivity contribution in [2.75, 3.05) is 67.7 Å². The predicted molar refractivity (Wildman–Crippen MR) is 105 cm³/mol. The van der Waals surface area contributed by atoms with Gasteiger partial charge in [0.15, 0.2) is 5.82 Å². The molecule has 4 rings (SSSR count). The van der Waals surface area contributed by atoms with E-state index in [1.807, 2.05) is 36.4 Å². The Morgan fingerprint density at radius 2 is 1.56 bits per heavy atom. The van der Waals surface area contributed by atoms with Crippen LogP contribution in [0.5, 0.6) is 0 Å². The molecule has 7 nitrogen and oxygen atoms in total. The van der Waals surface area contributed by atoms with Crippen LogP contribution in [0.25, 0.3) is 0 Å². The van der Waals surface area contributed by atoms with Crippen molar-refractivity contribution in [3.63, 3.8) is 0 Å². The maximum Gasteiger partial charge on any atom is 0.151 e. The fourth-order valence-corrected chi connectivity index (χ4v) is 3.42. The molecule has 3 heterocycles. The maximum atomic E-state index is 9.91. The van der Waals surface area contributed by atoms with Gasteiger partial charge in [0.25, 0.3) is 0 Å². The average molecular weight is 365 g/mol. The van der Waals surface area contributed by atoms with Gasteiger partial charge in [-0.3, -0.25) is 0 Å². The second kappa shape index (κ2) is 8.25. The number of para-hydroxylation sites is 1. The molecule has 1 aromatic heterocycles. The summed E-state index contributed by atoms with van der Waals surface area (Å²) in [7, 11) is 0. The summed E-state index contributed by atoms with van der Waals surface area (Å²) in [6.45, 7) is 5.64. The van der Waals surface area contributed by atoms with Gasteiger partial charge in [0.05, 0.1) is 32.1 Å². The Bertz CT molecular complexity index is 770. The first kappa shape index (κ1) is 17.6. The number of morpholine rings is 2. The van der Waals surface area contributed by atoms with Gasteiger partial charge in [-0.1, -0.05) is 18.2 Å². The Morgan fingerprint density at radius 3 is 2.19 bits per heavy atom. The summed E-state index contributed by atoms with van der Waals surface area (Å²) in [6, 6.07) is 14.3. The summed E-state index contributed by atoms with van der Waals surface area (Å²) in [4.78, 5) is 9.15. The Kier molecular flexibility index (Phi) is 5.37. The Balaban J connectivity index is 1.75. The fourth-order valence-electron chi connectivity index (χ4n) is 3.42. The lowest BCUT2D eigenvalue weighted by atomic mass is 10.1. The Morgan fingerprint density at radius 1 is 0.926 bits per heavy atom. The van der Waals surface area contributed by atoms with Crippen LogP contribution in [0.3, 0.4) is 0 Å². The molecule has 2 aromatic rings. The van der Waals surface area contributed by atoms with Crippen molar-refractivity contribution in [1.82, 2.24) is 4.98 Å². The quantitative estimate of drug-likeness (QED) is 0.892. The highest BCUT2D eigenvalue weighted by Crippen LogP contribution is 2.33. The van der Waals surface area contributed by atoms with Crippen LogP contribution in [0.1, 0.15) is 5.56 Å². The van der Waals surface area contributed by atoms with Crippen LogP contribution >= 0.6 is 0 Å². The number of rotatable bonds is 4. The number of anilines is 4. The van der Waals surface area contributed by atoms with Crippen molar-refractivity contribution >= 4 is 23.0 Å². The minimum Gasteiger partial charge on any atom is -0.378 e. The van der Waals surface area contributed by atoms with Gasteiger partial charge in [0, 0.05) is 37.9 Å². The Labute approximate surface area is 159 Å². The summed E-state index contributed by atoms with van der Waals surface area (Å²) in [6.07, 6.45) is 0. The van der Waals surface area contributed by atoms with Gasteiger partial charge in [0.2, 0.25) is 0 Å². The number of nitrogens with zero attached hydrogens (tertiary/aromatic N) is 4.